The number of aliphatic hydroxyl groups is 1. The molecule has 0 aromatic carbocycles. The molecule has 5 nitrogen and oxygen atoms in total. The van der Waals surface area contributed by atoms with Crippen molar-refractivity contribution in [1.29, 1.82) is 0 Å². The van der Waals surface area contributed by atoms with E-state index in [1.165, 1.54) is 32.4 Å². The molecule has 5 heteroatoms. The van der Waals surface area contributed by atoms with Crippen molar-refractivity contribution in [3.8, 4) is 0 Å². The lowest BCUT2D eigenvalue weighted by molar-refractivity contribution is 0.152. The highest BCUT2D eigenvalue weighted by Gasteiger charge is 2.33. The molecule has 3 rings (SSSR count). The van der Waals surface area contributed by atoms with Gasteiger partial charge < -0.3 is 20.3 Å². The fourth-order valence-corrected chi connectivity index (χ4v) is 3.46. The highest BCUT2D eigenvalue weighted by atomic mass is 16.3. The summed E-state index contributed by atoms with van der Waals surface area (Å²) in [4.78, 5) is 6.82. The van der Waals surface area contributed by atoms with Crippen LogP contribution in [0.4, 0.5) is 0 Å². The Morgan fingerprint density at radius 1 is 1.39 bits per heavy atom. The number of aromatic nitrogens is 2. The van der Waals surface area contributed by atoms with E-state index in [0.29, 0.717) is 6.04 Å². The molecular formula is C13H22N4O. The fourth-order valence-electron chi connectivity index (χ4n) is 3.46. The van der Waals surface area contributed by atoms with Crippen LogP contribution < -0.4 is 5.73 Å². The van der Waals surface area contributed by atoms with Crippen molar-refractivity contribution < 1.29 is 5.11 Å². The molecule has 0 saturated carbocycles. The van der Waals surface area contributed by atoms with Gasteiger partial charge in [-0.25, -0.2) is 4.98 Å². The van der Waals surface area contributed by atoms with Crippen molar-refractivity contribution in [2.75, 3.05) is 19.7 Å². The topological polar surface area (TPSA) is 67.3 Å². The molecule has 3 unspecified atom stereocenters. The van der Waals surface area contributed by atoms with Gasteiger partial charge in [-0.05, 0) is 32.2 Å². The first-order chi connectivity index (χ1) is 8.79. The lowest BCUT2D eigenvalue weighted by atomic mass is 9.97. The SMILES string of the molecule is NC(CO)c1cncn1C1CCN2CCCC2C1. The lowest BCUT2D eigenvalue weighted by Gasteiger charge is -2.36. The van der Waals surface area contributed by atoms with Gasteiger partial charge in [-0.3, -0.25) is 0 Å². The number of nitrogens with two attached hydrogens (primary N) is 1. The van der Waals surface area contributed by atoms with Crippen LogP contribution in [-0.4, -0.2) is 45.3 Å². The number of rotatable bonds is 3. The van der Waals surface area contributed by atoms with E-state index < -0.39 is 0 Å². The highest BCUT2D eigenvalue weighted by Crippen LogP contribution is 2.34. The van der Waals surface area contributed by atoms with Crippen LogP contribution in [0, 0.1) is 0 Å². The number of imidazole rings is 1. The van der Waals surface area contributed by atoms with Crippen LogP contribution in [0.25, 0.3) is 0 Å². The first-order valence-corrected chi connectivity index (χ1v) is 6.92. The molecule has 3 atom stereocenters. The van der Waals surface area contributed by atoms with Crippen molar-refractivity contribution in [2.45, 2.75) is 43.8 Å². The van der Waals surface area contributed by atoms with Gasteiger partial charge in [-0.2, -0.15) is 0 Å². The third kappa shape index (κ3) is 2.06. The van der Waals surface area contributed by atoms with Crippen molar-refractivity contribution in [2.24, 2.45) is 5.73 Å². The molecule has 3 heterocycles. The Hall–Kier alpha value is -0.910. The number of hydrogen-bond acceptors (Lipinski definition) is 4. The smallest absolute Gasteiger partial charge is 0.0951 e. The van der Waals surface area contributed by atoms with Gasteiger partial charge in [-0.15, -0.1) is 0 Å². The van der Waals surface area contributed by atoms with Gasteiger partial charge in [0, 0.05) is 24.8 Å². The summed E-state index contributed by atoms with van der Waals surface area (Å²) < 4.78 is 2.19. The molecule has 100 valence electrons. The number of fused-ring (bicyclic) bond motifs is 1. The zero-order chi connectivity index (χ0) is 12.5. The second kappa shape index (κ2) is 4.99. The minimum absolute atomic E-state index is 0.0199. The van der Waals surface area contributed by atoms with E-state index in [1.54, 1.807) is 6.20 Å². The summed E-state index contributed by atoms with van der Waals surface area (Å²) in [6.45, 7) is 2.43. The van der Waals surface area contributed by atoms with Crippen molar-refractivity contribution >= 4 is 0 Å². The van der Waals surface area contributed by atoms with Crippen LogP contribution in [0.1, 0.15) is 43.5 Å². The molecular weight excluding hydrogens is 228 g/mol. The summed E-state index contributed by atoms with van der Waals surface area (Å²) >= 11 is 0. The van der Waals surface area contributed by atoms with E-state index >= 15 is 0 Å². The molecule has 1 aromatic heterocycles. The molecule has 0 radical (unpaired) electrons. The molecule has 3 N–H and O–H groups in total. The van der Waals surface area contributed by atoms with E-state index in [2.05, 4.69) is 14.5 Å². The van der Waals surface area contributed by atoms with Gasteiger partial charge in [0.15, 0.2) is 0 Å². The van der Waals surface area contributed by atoms with Crippen molar-refractivity contribution in [1.82, 2.24) is 14.5 Å². The summed E-state index contributed by atoms with van der Waals surface area (Å²) in [5, 5.41) is 9.21. The number of piperidine rings is 1. The standard InChI is InChI=1S/C13H22N4O/c14-12(8-18)13-7-15-9-17(13)11-3-5-16-4-1-2-10(16)6-11/h7,9-12,18H,1-6,8,14H2. The van der Waals surface area contributed by atoms with E-state index in [9.17, 15) is 5.11 Å². The van der Waals surface area contributed by atoms with Crippen LogP contribution >= 0.6 is 0 Å². The van der Waals surface area contributed by atoms with Crippen LogP contribution in [0.5, 0.6) is 0 Å². The molecule has 0 bridgehead atoms. The summed E-state index contributed by atoms with van der Waals surface area (Å²) in [5.74, 6) is 0. The third-order valence-corrected chi connectivity index (χ3v) is 4.46. The predicted molar refractivity (Wildman–Crippen MR) is 69.1 cm³/mol. The maximum atomic E-state index is 9.21. The highest BCUT2D eigenvalue weighted by molar-refractivity contribution is 5.07. The number of aliphatic hydroxyl groups excluding tert-OH is 1. The first-order valence-electron chi connectivity index (χ1n) is 6.92. The summed E-state index contributed by atoms with van der Waals surface area (Å²) in [6, 6.07) is 0.929. The Labute approximate surface area is 108 Å². The summed E-state index contributed by atoms with van der Waals surface area (Å²) in [5.41, 5.74) is 6.90. The second-order valence-corrected chi connectivity index (χ2v) is 5.53. The Bertz CT molecular complexity index is 405. The fraction of sp³-hybridized carbons (Fsp3) is 0.769. The minimum Gasteiger partial charge on any atom is -0.394 e. The van der Waals surface area contributed by atoms with Gasteiger partial charge in [0.25, 0.3) is 0 Å². The average Bonchev–Trinajstić information content (AvgIpc) is 3.05. The zero-order valence-corrected chi connectivity index (χ0v) is 10.7. The van der Waals surface area contributed by atoms with Crippen molar-refractivity contribution in [3.63, 3.8) is 0 Å². The van der Waals surface area contributed by atoms with Gasteiger partial charge in [0.05, 0.1) is 24.7 Å². The molecule has 0 amide bonds. The van der Waals surface area contributed by atoms with Crippen LogP contribution in [0.3, 0.4) is 0 Å². The van der Waals surface area contributed by atoms with E-state index in [1.807, 2.05) is 6.33 Å². The predicted octanol–water partition coefficient (Wildman–Crippen LogP) is 0.674. The zero-order valence-electron chi connectivity index (χ0n) is 10.7. The summed E-state index contributed by atoms with van der Waals surface area (Å²) in [6.07, 6.45) is 8.69. The molecule has 0 spiro atoms. The van der Waals surface area contributed by atoms with Gasteiger partial charge in [0.1, 0.15) is 0 Å². The number of hydrogen-bond donors (Lipinski definition) is 2. The van der Waals surface area contributed by atoms with Crippen LogP contribution in [-0.2, 0) is 0 Å². The Kier molecular flexibility index (Phi) is 3.37. The largest absolute Gasteiger partial charge is 0.394 e. The first kappa shape index (κ1) is 12.1. The molecule has 18 heavy (non-hydrogen) atoms. The minimum atomic E-state index is -0.311. The quantitative estimate of drug-likeness (QED) is 0.827. The molecule has 2 aliphatic rings. The average molecular weight is 250 g/mol. The maximum absolute atomic E-state index is 9.21. The van der Waals surface area contributed by atoms with Crippen molar-refractivity contribution in [3.05, 3.63) is 18.2 Å². The third-order valence-electron chi connectivity index (χ3n) is 4.46. The Morgan fingerprint density at radius 3 is 3.11 bits per heavy atom. The van der Waals surface area contributed by atoms with Crippen LogP contribution in [0.15, 0.2) is 12.5 Å². The van der Waals surface area contributed by atoms with Gasteiger partial charge in [0.2, 0.25) is 0 Å². The Balaban J connectivity index is 1.77. The van der Waals surface area contributed by atoms with Gasteiger partial charge in [-0.1, -0.05) is 0 Å². The Morgan fingerprint density at radius 2 is 2.28 bits per heavy atom. The molecule has 1 aromatic rings. The van der Waals surface area contributed by atoms with Gasteiger partial charge >= 0.3 is 0 Å². The van der Waals surface area contributed by atoms with Crippen LogP contribution in [0.2, 0.25) is 0 Å². The monoisotopic (exact) mass is 250 g/mol. The summed E-state index contributed by atoms with van der Waals surface area (Å²) in [7, 11) is 0. The number of nitrogens with zero attached hydrogens (tertiary/aromatic N) is 3. The van der Waals surface area contributed by atoms with E-state index in [4.69, 9.17) is 5.73 Å². The molecule has 2 aliphatic heterocycles. The van der Waals surface area contributed by atoms with E-state index in [-0.39, 0.29) is 12.6 Å². The van der Waals surface area contributed by atoms with E-state index in [0.717, 1.165) is 18.2 Å². The normalized spacial score (nSPS) is 30.3. The maximum Gasteiger partial charge on any atom is 0.0951 e. The second-order valence-electron chi connectivity index (χ2n) is 5.53. The molecule has 2 fully saturated rings. The lowest BCUT2D eigenvalue weighted by Crippen LogP contribution is -2.39. The molecule has 2 saturated heterocycles. The molecule has 0 aliphatic carbocycles.